The van der Waals surface area contributed by atoms with E-state index in [2.05, 4.69) is 6.07 Å². The minimum absolute atomic E-state index is 0.114. The van der Waals surface area contributed by atoms with Crippen LogP contribution in [0.5, 0.6) is 28.7 Å². The second kappa shape index (κ2) is 9.55. The van der Waals surface area contributed by atoms with Gasteiger partial charge in [0, 0.05) is 5.56 Å². The SMILES string of the molecule is COc1cc([C@@H]2Oc3cc(/C=C/c4ccc(C#N)cc4)ccc3O[C@H]2CO)cc(OC)c1O. The molecule has 0 fully saturated rings. The predicted octanol–water partition coefficient (Wildman–Crippen LogP) is 4.32. The summed E-state index contributed by atoms with van der Waals surface area (Å²) in [6.45, 7) is -0.268. The van der Waals surface area contributed by atoms with Gasteiger partial charge in [-0.15, -0.1) is 0 Å². The number of hydrogen-bond donors (Lipinski definition) is 2. The van der Waals surface area contributed by atoms with Gasteiger partial charge >= 0.3 is 0 Å². The van der Waals surface area contributed by atoms with E-state index in [4.69, 9.17) is 24.2 Å². The number of phenols is 1. The molecule has 0 saturated carbocycles. The molecule has 0 aliphatic carbocycles. The van der Waals surface area contributed by atoms with Gasteiger partial charge in [-0.3, -0.25) is 0 Å². The molecule has 0 radical (unpaired) electrons. The normalized spacial score (nSPS) is 16.9. The molecule has 0 spiro atoms. The highest BCUT2D eigenvalue weighted by molar-refractivity contribution is 5.71. The number of hydrogen-bond acceptors (Lipinski definition) is 7. The summed E-state index contributed by atoms with van der Waals surface area (Å²) in [5.74, 6) is 1.40. The van der Waals surface area contributed by atoms with Gasteiger partial charge in [-0.05, 0) is 47.5 Å². The fourth-order valence-electron chi connectivity index (χ4n) is 3.61. The molecule has 1 aliphatic heterocycles. The summed E-state index contributed by atoms with van der Waals surface area (Å²) >= 11 is 0. The average molecular weight is 445 g/mol. The topological polar surface area (TPSA) is 101 Å². The molecule has 1 aliphatic rings. The van der Waals surface area contributed by atoms with E-state index in [0.29, 0.717) is 22.6 Å². The number of benzene rings is 3. The van der Waals surface area contributed by atoms with Gasteiger partial charge in [0.05, 0.1) is 32.5 Å². The van der Waals surface area contributed by atoms with Crippen LogP contribution in [0.2, 0.25) is 0 Å². The summed E-state index contributed by atoms with van der Waals surface area (Å²) in [6.07, 6.45) is 2.57. The van der Waals surface area contributed by atoms with Crippen molar-refractivity contribution in [1.82, 2.24) is 0 Å². The van der Waals surface area contributed by atoms with Crippen molar-refractivity contribution < 1.29 is 29.2 Å². The van der Waals surface area contributed by atoms with Gasteiger partial charge in [0.25, 0.3) is 0 Å². The second-order valence-electron chi connectivity index (χ2n) is 7.42. The van der Waals surface area contributed by atoms with E-state index in [0.717, 1.165) is 11.1 Å². The molecule has 168 valence electrons. The molecule has 0 saturated heterocycles. The van der Waals surface area contributed by atoms with Gasteiger partial charge in [0.15, 0.2) is 35.2 Å². The highest BCUT2D eigenvalue weighted by Gasteiger charge is 2.34. The standard InChI is InChI=1S/C26H23NO6/c1-30-22-12-19(13-23(31-2)25(22)29)26-24(15-28)32-20-10-9-17(11-21(20)33-26)6-3-16-4-7-18(14-27)8-5-16/h3-13,24,26,28-29H,15H2,1-2H3/b6-3+/t24-,26-/m0/s1. The molecule has 0 amide bonds. The Hall–Kier alpha value is -4.15. The summed E-state index contributed by atoms with van der Waals surface area (Å²) in [6, 6.07) is 18.2. The number of nitriles is 1. The van der Waals surface area contributed by atoms with E-state index in [9.17, 15) is 10.2 Å². The maximum absolute atomic E-state index is 10.2. The number of fused-ring (bicyclic) bond motifs is 1. The molecule has 0 unspecified atom stereocenters. The Kier molecular flexibility index (Phi) is 6.38. The Balaban J connectivity index is 1.63. The third kappa shape index (κ3) is 4.56. The molecule has 3 aromatic rings. The van der Waals surface area contributed by atoms with Gasteiger partial charge in [0.2, 0.25) is 5.75 Å². The number of aromatic hydroxyl groups is 1. The van der Waals surface area contributed by atoms with E-state index < -0.39 is 12.2 Å². The van der Waals surface area contributed by atoms with Crippen LogP contribution in [-0.2, 0) is 0 Å². The fourth-order valence-corrected chi connectivity index (χ4v) is 3.61. The van der Waals surface area contributed by atoms with Crippen molar-refractivity contribution in [1.29, 1.82) is 5.26 Å². The minimum atomic E-state index is -0.656. The lowest BCUT2D eigenvalue weighted by molar-refractivity contribution is -0.0124. The maximum Gasteiger partial charge on any atom is 0.200 e. The van der Waals surface area contributed by atoms with E-state index in [1.807, 2.05) is 36.4 Å². The van der Waals surface area contributed by atoms with Gasteiger partial charge in [0.1, 0.15) is 0 Å². The Morgan fingerprint density at radius 2 is 1.55 bits per heavy atom. The van der Waals surface area contributed by atoms with Crippen LogP contribution in [-0.4, -0.2) is 37.1 Å². The molecule has 0 aromatic heterocycles. The quantitative estimate of drug-likeness (QED) is 0.545. The van der Waals surface area contributed by atoms with Crippen LogP contribution in [0.4, 0.5) is 0 Å². The third-order valence-electron chi connectivity index (χ3n) is 5.36. The predicted molar refractivity (Wildman–Crippen MR) is 123 cm³/mol. The van der Waals surface area contributed by atoms with Crippen LogP contribution in [0.1, 0.15) is 28.4 Å². The molecule has 2 atom stereocenters. The maximum atomic E-state index is 10.2. The highest BCUT2D eigenvalue weighted by atomic mass is 16.6. The first-order valence-electron chi connectivity index (χ1n) is 10.3. The zero-order chi connectivity index (χ0) is 23.4. The Morgan fingerprint density at radius 3 is 2.15 bits per heavy atom. The van der Waals surface area contributed by atoms with Crippen molar-refractivity contribution in [3.05, 3.63) is 76.9 Å². The smallest absolute Gasteiger partial charge is 0.200 e. The van der Waals surface area contributed by atoms with Crippen molar-refractivity contribution in [2.24, 2.45) is 0 Å². The van der Waals surface area contributed by atoms with Crippen molar-refractivity contribution >= 4 is 12.2 Å². The first-order valence-corrected chi connectivity index (χ1v) is 10.3. The molecule has 33 heavy (non-hydrogen) atoms. The number of nitrogens with zero attached hydrogens (tertiary/aromatic N) is 1. The molecule has 0 bridgehead atoms. The van der Waals surface area contributed by atoms with E-state index in [1.54, 1.807) is 30.3 Å². The summed E-state index contributed by atoms with van der Waals surface area (Å²) in [5.41, 5.74) is 3.09. The number of aliphatic hydroxyl groups excluding tert-OH is 1. The molecule has 2 N–H and O–H groups in total. The summed E-state index contributed by atoms with van der Waals surface area (Å²) in [5, 5.41) is 29.1. The van der Waals surface area contributed by atoms with Gasteiger partial charge in [-0.2, -0.15) is 5.26 Å². The van der Waals surface area contributed by atoms with Crippen LogP contribution in [0.3, 0.4) is 0 Å². The second-order valence-corrected chi connectivity index (χ2v) is 7.42. The lowest BCUT2D eigenvalue weighted by Gasteiger charge is -2.33. The van der Waals surface area contributed by atoms with Crippen LogP contribution < -0.4 is 18.9 Å². The van der Waals surface area contributed by atoms with Crippen LogP contribution in [0, 0.1) is 11.3 Å². The van der Waals surface area contributed by atoms with E-state index >= 15 is 0 Å². The van der Waals surface area contributed by atoms with Crippen LogP contribution in [0.25, 0.3) is 12.2 Å². The first kappa shape index (κ1) is 22.1. The summed E-state index contributed by atoms with van der Waals surface area (Å²) in [7, 11) is 2.89. The van der Waals surface area contributed by atoms with E-state index in [1.165, 1.54) is 14.2 Å². The summed E-state index contributed by atoms with van der Waals surface area (Å²) < 4.78 is 22.7. The Bertz CT molecular complexity index is 1190. The number of aliphatic hydroxyl groups is 1. The monoisotopic (exact) mass is 445 g/mol. The van der Waals surface area contributed by atoms with Gasteiger partial charge in [-0.25, -0.2) is 0 Å². The Morgan fingerprint density at radius 1 is 0.909 bits per heavy atom. The molecule has 1 heterocycles. The number of phenolic OH excluding ortho intramolecular Hbond substituents is 1. The molecule has 7 heteroatoms. The fraction of sp³-hybridized carbons (Fsp3) is 0.192. The zero-order valence-electron chi connectivity index (χ0n) is 18.2. The lowest BCUT2D eigenvalue weighted by atomic mass is 10.0. The zero-order valence-corrected chi connectivity index (χ0v) is 18.2. The highest BCUT2D eigenvalue weighted by Crippen LogP contribution is 2.44. The largest absolute Gasteiger partial charge is 0.502 e. The van der Waals surface area contributed by atoms with Crippen LogP contribution >= 0.6 is 0 Å². The summed E-state index contributed by atoms with van der Waals surface area (Å²) in [4.78, 5) is 0. The van der Waals surface area contributed by atoms with E-state index in [-0.39, 0.29) is 23.9 Å². The van der Waals surface area contributed by atoms with Gasteiger partial charge < -0.3 is 29.2 Å². The third-order valence-corrected chi connectivity index (χ3v) is 5.36. The van der Waals surface area contributed by atoms with Crippen molar-refractivity contribution in [2.75, 3.05) is 20.8 Å². The molecular weight excluding hydrogens is 422 g/mol. The molecule has 4 rings (SSSR count). The van der Waals surface area contributed by atoms with Crippen molar-refractivity contribution in [3.63, 3.8) is 0 Å². The van der Waals surface area contributed by atoms with Crippen molar-refractivity contribution in [3.8, 4) is 34.8 Å². The molecule has 7 nitrogen and oxygen atoms in total. The van der Waals surface area contributed by atoms with Crippen molar-refractivity contribution in [2.45, 2.75) is 12.2 Å². The van der Waals surface area contributed by atoms with Crippen LogP contribution in [0.15, 0.2) is 54.6 Å². The minimum Gasteiger partial charge on any atom is -0.502 e. The first-order chi connectivity index (χ1) is 16.1. The number of methoxy groups -OCH3 is 2. The molecule has 3 aromatic carbocycles. The lowest BCUT2D eigenvalue weighted by Crippen LogP contribution is -2.36. The average Bonchev–Trinajstić information content (AvgIpc) is 2.87. The molecular formula is C26H23NO6. The number of rotatable bonds is 6. The number of ether oxygens (including phenoxy) is 4. The van der Waals surface area contributed by atoms with Gasteiger partial charge in [-0.1, -0.05) is 30.4 Å². The Labute approximate surface area is 191 Å².